The Morgan fingerprint density at radius 1 is 1.85 bits per heavy atom. The van der Waals surface area contributed by atoms with E-state index >= 15 is 0 Å². The fourth-order valence-electron chi connectivity index (χ4n) is 1.01. The zero-order chi connectivity index (χ0) is 9.84. The van der Waals surface area contributed by atoms with Crippen molar-refractivity contribution in [3.05, 3.63) is 0 Å². The van der Waals surface area contributed by atoms with Gasteiger partial charge < -0.3 is 10.1 Å². The van der Waals surface area contributed by atoms with Crippen molar-refractivity contribution in [2.24, 2.45) is 5.92 Å². The van der Waals surface area contributed by atoms with Crippen molar-refractivity contribution >= 4 is 23.5 Å². The Morgan fingerprint density at radius 2 is 2.54 bits per heavy atom. The minimum Gasteiger partial charge on any atom is -0.464 e. The van der Waals surface area contributed by atoms with Crippen LogP contribution >= 0.6 is 11.6 Å². The summed E-state index contributed by atoms with van der Waals surface area (Å²) in [6.07, 6.45) is 0.555. The lowest BCUT2D eigenvalue weighted by atomic mass is 10.1. The maximum atomic E-state index is 11.3. The number of amides is 1. The van der Waals surface area contributed by atoms with Crippen LogP contribution in [0.2, 0.25) is 0 Å². The number of hydrogen-bond acceptors (Lipinski definition) is 3. The highest BCUT2D eigenvalue weighted by atomic mass is 35.5. The molecule has 1 aliphatic rings. The van der Waals surface area contributed by atoms with E-state index in [2.05, 4.69) is 5.32 Å². The molecule has 4 nitrogen and oxygen atoms in total. The largest absolute Gasteiger partial charge is 0.464 e. The quantitative estimate of drug-likeness (QED) is 0.533. The van der Waals surface area contributed by atoms with Crippen LogP contribution in [0.15, 0.2) is 0 Å². The number of cyclic esters (lactones) is 1. The molecule has 5 heteroatoms. The van der Waals surface area contributed by atoms with E-state index in [0.717, 1.165) is 0 Å². The summed E-state index contributed by atoms with van der Waals surface area (Å²) in [4.78, 5) is 22.2. The van der Waals surface area contributed by atoms with Gasteiger partial charge in [0, 0.05) is 18.2 Å². The van der Waals surface area contributed by atoms with Gasteiger partial charge in [0.15, 0.2) is 0 Å². The molecule has 0 aromatic heterocycles. The Kier molecular flexibility index (Phi) is 3.54. The fraction of sp³-hybridized carbons (Fsp3) is 0.750. The van der Waals surface area contributed by atoms with E-state index in [-0.39, 0.29) is 23.7 Å². The first-order valence-electron chi connectivity index (χ1n) is 4.18. The molecule has 0 saturated carbocycles. The van der Waals surface area contributed by atoms with Crippen LogP contribution in [0.4, 0.5) is 0 Å². The van der Waals surface area contributed by atoms with Crippen LogP contribution in [-0.4, -0.2) is 30.4 Å². The topological polar surface area (TPSA) is 55.4 Å². The second kappa shape index (κ2) is 4.46. The SMILES string of the molecule is CC(CCl)C(=O)NC1CCOC1=O. The summed E-state index contributed by atoms with van der Waals surface area (Å²) in [5, 5.41) is 2.58. The van der Waals surface area contributed by atoms with E-state index in [1.807, 2.05) is 0 Å². The van der Waals surface area contributed by atoms with Crippen LogP contribution in [0.25, 0.3) is 0 Å². The average molecular weight is 206 g/mol. The number of carbonyl (C=O) groups excluding carboxylic acids is 2. The normalized spacial score (nSPS) is 23.8. The van der Waals surface area contributed by atoms with E-state index in [9.17, 15) is 9.59 Å². The van der Waals surface area contributed by atoms with Crippen molar-refractivity contribution in [3.8, 4) is 0 Å². The lowest BCUT2D eigenvalue weighted by molar-refractivity contribution is -0.141. The highest BCUT2D eigenvalue weighted by Crippen LogP contribution is 2.07. The van der Waals surface area contributed by atoms with Crippen LogP contribution < -0.4 is 5.32 Å². The molecule has 1 fully saturated rings. The third kappa shape index (κ3) is 2.59. The van der Waals surface area contributed by atoms with Crippen molar-refractivity contribution < 1.29 is 14.3 Å². The molecule has 74 valence electrons. The molecular formula is C8H12ClNO3. The van der Waals surface area contributed by atoms with E-state index in [0.29, 0.717) is 13.0 Å². The lowest BCUT2D eigenvalue weighted by Crippen LogP contribution is -2.41. The molecule has 0 aromatic rings. The molecule has 0 spiro atoms. The molecule has 0 bridgehead atoms. The summed E-state index contributed by atoms with van der Waals surface area (Å²) in [5.74, 6) is -0.558. The summed E-state index contributed by atoms with van der Waals surface area (Å²) < 4.78 is 4.69. The van der Waals surface area contributed by atoms with Crippen LogP contribution in [0.5, 0.6) is 0 Å². The molecule has 2 unspecified atom stereocenters. The molecule has 1 heterocycles. The van der Waals surface area contributed by atoms with Crippen molar-refractivity contribution in [1.29, 1.82) is 0 Å². The third-order valence-electron chi connectivity index (χ3n) is 1.93. The molecule has 1 amide bonds. The smallest absolute Gasteiger partial charge is 0.328 e. The molecule has 1 rings (SSSR count). The van der Waals surface area contributed by atoms with Gasteiger partial charge in [0.2, 0.25) is 5.91 Å². The van der Waals surface area contributed by atoms with Gasteiger partial charge in [-0.3, -0.25) is 4.79 Å². The zero-order valence-corrected chi connectivity index (χ0v) is 8.13. The minimum absolute atomic E-state index is 0.196. The van der Waals surface area contributed by atoms with E-state index < -0.39 is 6.04 Å². The Bertz CT molecular complexity index is 219. The summed E-state index contributed by atoms with van der Waals surface area (Å²) in [7, 11) is 0. The maximum absolute atomic E-state index is 11.3. The minimum atomic E-state index is -0.474. The van der Waals surface area contributed by atoms with Gasteiger partial charge >= 0.3 is 5.97 Å². The van der Waals surface area contributed by atoms with Crippen LogP contribution in [0.1, 0.15) is 13.3 Å². The Labute approximate surface area is 81.6 Å². The maximum Gasteiger partial charge on any atom is 0.328 e. The van der Waals surface area contributed by atoms with Crippen LogP contribution in [0, 0.1) is 5.92 Å². The Morgan fingerprint density at radius 3 is 3.00 bits per heavy atom. The number of carbonyl (C=O) groups is 2. The van der Waals surface area contributed by atoms with E-state index in [1.165, 1.54) is 0 Å². The van der Waals surface area contributed by atoms with Gasteiger partial charge in [-0.05, 0) is 0 Å². The summed E-state index contributed by atoms with van der Waals surface area (Å²) >= 11 is 5.49. The van der Waals surface area contributed by atoms with Crippen molar-refractivity contribution in [2.45, 2.75) is 19.4 Å². The van der Waals surface area contributed by atoms with Crippen molar-refractivity contribution in [3.63, 3.8) is 0 Å². The number of nitrogens with one attached hydrogen (secondary N) is 1. The van der Waals surface area contributed by atoms with Gasteiger partial charge in [-0.15, -0.1) is 11.6 Å². The number of ether oxygens (including phenoxy) is 1. The summed E-state index contributed by atoms with van der Waals surface area (Å²) in [6, 6.07) is -0.474. The zero-order valence-electron chi connectivity index (χ0n) is 7.38. The van der Waals surface area contributed by atoms with Gasteiger partial charge in [-0.2, -0.15) is 0 Å². The number of alkyl halides is 1. The molecule has 2 atom stereocenters. The third-order valence-corrected chi connectivity index (χ3v) is 2.39. The van der Waals surface area contributed by atoms with Crippen LogP contribution in [-0.2, 0) is 14.3 Å². The van der Waals surface area contributed by atoms with E-state index in [4.69, 9.17) is 16.3 Å². The van der Waals surface area contributed by atoms with Crippen molar-refractivity contribution in [2.75, 3.05) is 12.5 Å². The lowest BCUT2D eigenvalue weighted by Gasteiger charge is -2.11. The summed E-state index contributed by atoms with van der Waals surface area (Å²) in [6.45, 7) is 2.10. The number of esters is 1. The average Bonchev–Trinajstić information content (AvgIpc) is 2.50. The number of halogens is 1. The standard InChI is InChI=1S/C8H12ClNO3/c1-5(4-9)7(11)10-6-2-3-13-8(6)12/h5-6H,2-4H2,1H3,(H,10,11). The van der Waals surface area contributed by atoms with Crippen molar-refractivity contribution in [1.82, 2.24) is 5.32 Å². The first-order chi connectivity index (χ1) is 6.15. The Balaban J connectivity index is 2.39. The predicted octanol–water partition coefficient (Wildman–Crippen LogP) is 0.293. The first kappa shape index (κ1) is 10.3. The van der Waals surface area contributed by atoms with Crippen LogP contribution in [0.3, 0.4) is 0 Å². The van der Waals surface area contributed by atoms with Gasteiger partial charge in [-0.1, -0.05) is 6.92 Å². The summed E-state index contributed by atoms with van der Waals surface area (Å²) in [5.41, 5.74) is 0. The van der Waals surface area contributed by atoms with Gasteiger partial charge in [-0.25, -0.2) is 4.79 Å². The fourth-order valence-corrected chi connectivity index (χ4v) is 1.15. The predicted molar refractivity (Wildman–Crippen MR) is 47.4 cm³/mol. The molecule has 0 aliphatic carbocycles. The van der Waals surface area contributed by atoms with Gasteiger partial charge in [0.05, 0.1) is 6.61 Å². The molecule has 1 N–H and O–H groups in total. The van der Waals surface area contributed by atoms with Gasteiger partial charge in [0.1, 0.15) is 6.04 Å². The highest BCUT2D eigenvalue weighted by Gasteiger charge is 2.28. The number of hydrogen-bond donors (Lipinski definition) is 1. The second-order valence-electron chi connectivity index (χ2n) is 3.07. The van der Waals surface area contributed by atoms with E-state index in [1.54, 1.807) is 6.92 Å². The highest BCUT2D eigenvalue weighted by molar-refractivity contribution is 6.19. The first-order valence-corrected chi connectivity index (χ1v) is 4.71. The molecule has 0 aromatic carbocycles. The number of rotatable bonds is 3. The van der Waals surface area contributed by atoms with Gasteiger partial charge in [0.25, 0.3) is 0 Å². The molecular weight excluding hydrogens is 194 g/mol. The second-order valence-corrected chi connectivity index (χ2v) is 3.38. The molecule has 1 aliphatic heterocycles. The molecule has 13 heavy (non-hydrogen) atoms. The molecule has 1 saturated heterocycles. The monoisotopic (exact) mass is 205 g/mol. The Hall–Kier alpha value is -0.770. The molecule has 0 radical (unpaired) electrons.